The van der Waals surface area contributed by atoms with Crippen molar-refractivity contribution >= 4 is 49.7 Å². The zero-order chi connectivity index (χ0) is 9.42. The highest BCUT2D eigenvalue weighted by molar-refractivity contribution is 14.1. The van der Waals surface area contributed by atoms with Gasteiger partial charge in [-0.1, -0.05) is 0 Å². The van der Waals surface area contributed by atoms with Gasteiger partial charge < -0.3 is 10.5 Å². The minimum Gasteiger partial charge on any atom is -0.496 e. The van der Waals surface area contributed by atoms with Crippen LogP contribution in [0.15, 0.2) is 17.5 Å². The molecule has 0 bridgehead atoms. The maximum atomic E-state index is 5.96. The number of anilines is 1. The van der Waals surface area contributed by atoms with Crippen molar-refractivity contribution < 1.29 is 4.74 Å². The SMILES string of the molecule is COc1cc2sccc2c(N)c1I. The lowest BCUT2D eigenvalue weighted by Crippen LogP contribution is -1.93. The molecule has 1 aromatic heterocycles. The standard InChI is InChI=1S/C9H8INOS/c1-12-6-4-7-5(2-3-13-7)9(11)8(6)10/h2-4H,11H2,1H3. The third-order valence-corrected chi connectivity index (χ3v) is 3.90. The first-order valence-electron chi connectivity index (χ1n) is 3.73. The Hall–Kier alpha value is -0.490. The van der Waals surface area contributed by atoms with Crippen molar-refractivity contribution in [3.05, 3.63) is 21.1 Å². The third-order valence-electron chi connectivity index (χ3n) is 1.92. The maximum absolute atomic E-state index is 5.96. The van der Waals surface area contributed by atoms with Crippen LogP contribution in [0.5, 0.6) is 5.75 Å². The second-order valence-corrected chi connectivity index (χ2v) is 4.67. The van der Waals surface area contributed by atoms with Crippen LogP contribution in [0.3, 0.4) is 0 Å². The summed E-state index contributed by atoms with van der Waals surface area (Å²) in [6.07, 6.45) is 0. The molecule has 0 atom stereocenters. The van der Waals surface area contributed by atoms with Crippen molar-refractivity contribution in [1.29, 1.82) is 0 Å². The highest BCUT2D eigenvalue weighted by Crippen LogP contribution is 2.36. The number of nitrogen functional groups attached to an aromatic ring is 1. The van der Waals surface area contributed by atoms with Gasteiger partial charge in [0.2, 0.25) is 0 Å². The van der Waals surface area contributed by atoms with E-state index in [0.717, 1.165) is 20.4 Å². The molecule has 0 saturated carbocycles. The van der Waals surface area contributed by atoms with E-state index in [2.05, 4.69) is 22.6 Å². The first-order chi connectivity index (χ1) is 6.24. The Kier molecular flexibility index (Phi) is 2.33. The number of thiophene rings is 1. The average Bonchev–Trinajstić information content (AvgIpc) is 2.59. The van der Waals surface area contributed by atoms with Gasteiger partial charge in [-0.3, -0.25) is 0 Å². The zero-order valence-corrected chi connectivity index (χ0v) is 9.98. The van der Waals surface area contributed by atoms with Crippen LogP contribution in [0.1, 0.15) is 0 Å². The Morgan fingerprint density at radius 1 is 1.54 bits per heavy atom. The van der Waals surface area contributed by atoms with Crippen molar-refractivity contribution in [2.75, 3.05) is 12.8 Å². The van der Waals surface area contributed by atoms with Gasteiger partial charge in [-0.15, -0.1) is 11.3 Å². The summed E-state index contributed by atoms with van der Waals surface area (Å²) in [6.45, 7) is 0. The van der Waals surface area contributed by atoms with Crippen LogP contribution in [0.4, 0.5) is 5.69 Å². The smallest absolute Gasteiger partial charge is 0.135 e. The monoisotopic (exact) mass is 305 g/mol. The van der Waals surface area contributed by atoms with Gasteiger partial charge in [0.15, 0.2) is 0 Å². The highest BCUT2D eigenvalue weighted by Gasteiger charge is 2.09. The maximum Gasteiger partial charge on any atom is 0.135 e. The molecule has 2 N–H and O–H groups in total. The summed E-state index contributed by atoms with van der Waals surface area (Å²) >= 11 is 3.88. The Balaban J connectivity index is 2.83. The predicted molar refractivity (Wildman–Crippen MR) is 65.5 cm³/mol. The van der Waals surface area contributed by atoms with Crippen molar-refractivity contribution in [1.82, 2.24) is 0 Å². The first kappa shape index (κ1) is 9.08. The summed E-state index contributed by atoms with van der Waals surface area (Å²) in [5.41, 5.74) is 6.77. The third kappa shape index (κ3) is 1.38. The molecule has 2 rings (SSSR count). The summed E-state index contributed by atoms with van der Waals surface area (Å²) in [6, 6.07) is 4.06. The number of methoxy groups -OCH3 is 1. The Bertz CT molecular complexity index is 452. The number of ether oxygens (including phenoxy) is 1. The molecule has 68 valence electrons. The van der Waals surface area contributed by atoms with Gasteiger partial charge in [0.1, 0.15) is 5.75 Å². The summed E-state index contributed by atoms with van der Waals surface area (Å²) in [7, 11) is 1.66. The van der Waals surface area contributed by atoms with Crippen LogP contribution in [0.25, 0.3) is 10.1 Å². The van der Waals surface area contributed by atoms with Crippen LogP contribution in [0, 0.1) is 3.57 Å². The van der Waals surface area contributed by atoms with Crippen molar-refractivity contribution in [3.8, 4) is 5.75 Å². The fourth-order valence-electron chi connectivity index (χ4n) is 1.24. The zero-order valence-electron chi connectivity index (χ0n) is 7.00. The molecule has 0 aliphatic heterocycles. The van der Waals surface area contributed by atoms with Gasteiger partial charge in [-0.05, 0) is 40.1 Å². The fraction of sp³-hybridized carbons (Fsp3) is 0.111. The molecule has 0 aliphatic carbocycles. The molecule has 1 aromatic carbocycles. The molecule has 0 fully saturated rings. The van der Waals surface area contributed by atoms with E-state index in [-0.39, 0.29) is 0 Å². The predicted octanol–water partition coefficient (Wildman–Crippen LogP) is 3.10. The molecule has 13 heavy (non-hydrogen) atoms. The number of hydrogen-bond acceptors (Lipinski definition) is 3. The summed E-state index contributed by atoms with van der Waals surface area (Å²) in [5.74, 6) is 0.855. The minimum atomic E-state index is 0.816. The molecule has 0 spiro atoms. The van der Waals surface area contributed by atoms with Crippen LogP contribution in [0.2, 0.25) is 0 Å². The van der Waals surface area contributed by atoms with Gasteiger partial charge in [0.05, 0.1) is 16.4 Å². The Morgan fingerprint density at radius 3 is 3.00 bits per heavy atom. The lowest BCUT2D eigenvalue weighted by atomic mass is 10.2. The molecule has 0 radical (unpaired) electrons. The molecular weight excluding hydrogens is 297 g/mol. The lowest BCUT2D eigenvalue weighted by Gasteiger charge is -2.06. The number of hydrogen-bond donors (Lipinski definition) is 1. The number of benzene rings is 1. The van der Waals surface area contributed by atoms with Crippen LogP contribution < -0.4 is 10.5 Å². The summed E-state index contributed by atoms with van der Waals surface area (Å²) in [5, 5.41) is 3.16. The van der Waals surface area contributed by atoms with Crippen LogP contribution in [-0.4, -0.2) is 7.11 Å². The number of fused-ring (bicyclic) bond motifs is 1. The van der Waals surface area contributed by atoms with E-state index in [0.29, 0.717) is 0 Å². The summed E-state index contributed by atoms with van der Waals surface area (Å²) in [4.78, 5) is 0. The van der Waals surface area contributed by atoms with Crippen molar-refractivity contribution in [2.45, 2.75) is 0 Å². The number of nitrogens with two attached hydrogens (primary N) is 1. The van der Waals surface area contributed by atoms with Crippen LogP contribution >= 0.6 is 33.9 Å². The normalized spacial score (nSPS) is 10.6. The fourth-order valence-corrected chi connectivity index (χ4v) is 2.73. The Labute approximate surface area is 93.8 Å². The highest BCUT2D eigenvalue weighted by atomic mass is 127. The number of halogens is 1. The molecule has 2 aromatic rings. The van der Waals surface area contributed by atoms with Crippen molar-refractivity contribution in [2.24, 2.45) is 0 Å². The quantitative estimate of drug-likeness (QED) is 0.649. The Morgan fingerprint density at radius 2 is 2.31 bits per heavy atom. The van der Waals surface area contributed by atoms with E-state index in [9.17, 15) is 0 Å². The molecule has 1 heterocycles. The van der Waals surface area contributed by atoms with E-state index in [1.54, 1.807) is 18.4 Å². The average molecular weight is 305 g/mol. The molecule has 4 heteroatoms. The van der Waals surface area contributed by atoms with E-state index < -0.39 is 0 Å². The van der Waals surface area contributed by atoms with E-state index in [1.165, 1.54) is 4.70 Å². The first-order valence-corrected chi connectivity index (χ1v) is 5.69. The van der Waals surface area contributed by atoms with Gasteiger partial charge in [-0.2, -0.15) is 0 Å². The largest absolute Gasteiger partial charge is 0.496 e. The minimum absolute atomic E-state index is 0.816. The topological polar surface area (TPSA) is 35.2 Å². The second kappa shape index (κ2) is 3.34. The van der Waals surface area contributed by atoms with E-state index in [1.807, 2.05) is 17.5 Å². The molecule has 0 aliphatic rings. The number of rotatable bonds is 1. The molecule has 0 unspecified atom stereocenters. The lowest BCUT2D eigenvalue weighted by molar-refractivity contribution is 0.413. The van der Waals surface area contributed by atoms with Gasteiger partial charge in [0.25, 0.3) is 0 Å². The van der Waals surface area contributed by atoms with Gasteiger partial charge in [-0.25, -0.2) is 0 Å². The molecule has 0 saturated heterocycles. The molecule has 0 amide bonds. The van der Waals surface area contributed by atoms with Crippen molar-refractivity contribution in [3.63, 3.8) is 0 Å². The summed E-state index contributed by atoms with van der Waals surface area (Å²) < 4.78 is 7.39. The van der Waals surface area contributed by atoms with E-state index >= 15 is 0 Å². The van der Waals surface area contributed by atoms with E-state index in [4.69, 9.17) is 10.5 Å². The molecule has 2 nitrogen and oxygen atoms in total. The second-order valence-electron chi connectivity index (χ2n) is 2.64. The van der Waals surface area contributed by atoms with Gasteiger partial charge in [0, 0.05) is 10.1 Å². The van der Waals surface area contributed by atoms with Gasteiger partial charge >= 0.3 is 0 Å². The molecular formula is C9H8INOS. The van der Waals surface area contributed by atoms with Crippen LogP contribution in [-0.2, 0) is 0 Å².